The molecule has 2 rings (SSSR count). The van der Waals surface area contributed by atoms with E-state index in [-0.39, 0.29) is 12.5 Å². The third-order valence-corrected chi connectivity index (χ3v) is 3.90. The Morgan fingerprint density at radius 1 is 1.47 bits per heavy atom. The van der Waals surface area contributed by atoms with Gasteiger partial charge in [0.05, 0.1) is 18.8 Å². The van der Waals surface area contributed by atoms with Gasteiger partial charge < -0.3 is 9.84 Å². The molecule has 3 unspecified atom stereocenters. The van der Waals surface area contributed by atoms with Gasteiger partial charge in [-0.15, -0.1) is 0 Å². The molecule has 3 heteroatoms. The van der Waals surface area contributed by atoms with Gasteiger partial charge in [0, 0.05) is 10.4 Å². The van der Waals surface area contributed by atoms with Crippen LogP contribution in [0.3, 0.4) is 0 Å². The van der Waals surface area contributed by atoms with Gasteiger partial charge in [0.2, 0.25) is 0 Å². The summed E-state index contributed by atoms with van der Waals surface area (Å²) in [6, 6.07) is 8.18. The van der Waals surface area contributed by atoms with E-state index in [4.69, 9.17) is 4.74 Å². The topological polar surface area (TPSA) is 29.5 Å². The molecule has 17 heavy (non-hydrogen) atoms. The summed E-state index contributed by atoms with van der Waals surface area (Å²) >= 11 is 3.47. The number of hydrogen-bond acceptors (Lipinski definition) is 2. The summed E-state index contributed by atoms with van der Waals surface area (Å²) in [4.78, 5) is 0. The van der Waals surface area contributed by atoms with Gasteiger partial charge in [-0.2, -0.15) is 0 Å². The van der Waals surface area contributed by atoms with E-state index in [0.717, 1.165) is 23.7 Å². The zero-order valence-electron chi connectivity index (χ0n) is 10.1. The smallest absolute Gasteiger partial charge is 0.0586 e. The number of hydrogen-bond donors (Lipinski definition) is 1. The highest BCUT2D eigenvalue weighted by molar-refractivity contribution is 9.10. The van der Waals surface area contributed by atoms with Crippen LogP contribution in [0.15, 0.2) is 28.7 Å². The number of halogens is 1. The molecule has 0 amide bonds. The maximum atomic E-state index is 9.53. The van der Waals surface area contributed by atoms with Crippen molar-refractivity contribution >= 4 is 15.9 Å². The molecule has 1 aliphatic heterocycles. The van der Waals surface area contributed by atoms with Gasteiger partial charge in [0.1, 0.15) is 0 Å². The van der Waals surface area contributed by atoms with Crippen molar-refractivity contribution in [1.29, 1.82) is 0 Å². The quantitative estimate of drug-likeness (QED) is 0.922. The molecule has 0 radical (unpaired) electrons. The molecule has 1 heterocycles. The minimum atomic E-state index is 0.183. The van der Waals surface area contributed by atoms with Crippen molar-refractivity contribution in [1.82, 2.24) is 0 Å². The Balaban J connectivity index is 2.01. The molecule has 0 aliphatic carbocycles. The molecule has 1 aliphatic rings. The van der Waals surface area contributed by atoms with E-state index in [9.17, 15) is 5.11 Å². The Kier molecular flexibility index (Phi) is 4.60. The summed E-state index contributed by atoms with van der Waals surface area (Å²) in [7, 11) is 0. The van der Waals surface area contributed by atoms with Crippen LogP contribution >= 0.6 is 15.9 Å². The summed E-state index contributed by atoms with van der Waals surface area (Å²) in [6.45, 7) is 2.30. The van der Waals surface area contributed by atoms with Gasteiger partial charge >= 0.3 is 0 Å². The van der Waals surface area contributed by atoms with Crippen molar-refractivity contribution in [3.05, 3.63) is 34.3 Å². The first-order valence-electron chi connectivity index (χ1n) is 6.21. The van der Waals surface area contributed by atoms with Crippen molar-refractivity contribution < 1.29 is 9.84 Å². The molecule has 0 aromatic heterocycles. The van der Waals surface area contributed by atoms with E-state index < -0.39 is 0 Å². The molecule has 3 atom stereocenters. The predicted molar refractivity (Wildman–Crippen MR) is 72.2 cm³/mol. The number of rotatable bonds is 4. The molecular formula is C14H19BrO2. The van der Waals surface area contributed by atoms with Crippen LogP contribution in [0.4, 0.5) is 0 Å². The van der Waals surface area contributed by atoms with Crippen LogP contribution in [0.5, 0.6) is 0 Å². The zero-order valence-corrected chi connectivity index (χ0v) is 11.7. The van der Waals surface area contributed by atoms with Crippen molar-refractivity contribution in [2.24, 2.45) is 0 Å². The average molecular weight is 299 g/mol. The lowest BCUT2D eigenvalue weighted by Crippen LogP contribution is -2.15. The Morgan fingerprint density at radius 2 is 2.29 bits per heavy atom. The van der Waals surface area contributed by atoms with Gasteiger partial charge in [0.25, 0.3) is 0 Å². The molecule has 0 bridgehead atoms. The van der Waals surface area contributed by atoms with Crippen LogP contribution < -0.4 is 0 Å². The van der Waals surface area contributed by atoms with Crippen LogP contribution in [0.25, 0.3) is 0 Å². The largest absolute Gasteiger partial charge is 0.396 e. The molecular weight excluding hydrogens is 280 g/mol. The summed E-state index contributed by atoms with van der Waals surface area (Å²) < 4.78 is 6.89. The van der Waals surface area contributed by atoms with Crippen molar-refractivity contribution in [2.45, 2.75) is 44.3 Å². The molecule has 94 valence electrons. The second-order valence-corrected chi connectivity index (χ2v) is 5.73. The molecule has 0 saturated carbocycles. The highest BCUT2D eigenvalue weighted by Gasteiger charge is 2.25. The van der Waals surface area contributed by atoms with E-state index in [0.29, 0.717) is 12.2 Å². The van der Waals surface area contributed by atoms with Gasteiger partial charge in [-0.25, -0.2) is 0 Å². The van der Waals surface area contributed by atoms with Gasteiger partial charge in [-0.3, -0.25) is 0 Å². The van der Waals surface area contributed by atoms with E-state index in [1.165, 1.54) is 5.56 Å². The molecule has 0 spiro atoms. The minimum absolute atomic E-state index is 0.183. The minimum Gasteiger partial charge on any atom is -0.396 e. The molecule has 1 N–H and O–H groups in total. The molecule has 1 fully saturated rings. The van der Waals surface area contributed by atoms with E-state index in [1.54, 1.807) is 0 Å². The second kappa shape index (κ2) is 5.98. The summed E-state index contributed by atoms with van der Waals surface area (Å²) in [5.41, 5.74) is 1.19. The highest BCUT2D eigenvalue weighted by atomic mass is 79.9. The molecule has 1 aromatic carbocycles. The van der Waals surface area contributed by atoms with E-state index in [2.05, 4.69) is 35.0 Å². The van der Waals surface area contributed by atoms with Crippen molar-refractivity contribution in [3.8, 4) is 0 Å². The number of ether oxygens (including phenoxy) is 1. The fraction of sp³-hybridized carbons (Fsp3) is 0.571. The Morgan fingerprint density at radius 3 is 2.88 bits per heavy atom. The normalized spacial score (nSPS) is 26.1. The van der Waals surface area contributed by atoms with Crippen LogP contribution in [0.1, 0.15) is 37.7 Å². The lowest BCUT2D eigenvalue weighted by atomic mass is 9.93. The Bertz CT molecular complexity index is 367. The molecule has 1 saturated heterocycles. The first-order valence-corrected chi connectivity index (χ1v) is 7.00. The van der Waals surface area contributed by atoms with Crippen molar-refractivity contribution in [3.63, 3.8) is 0 Å². The first-order chi connectivity index (χ1) is 8.19. The predicted octanol–water partition coefficient (Wildman–Crippen LogP) is 3.48. The third-order valence-electron chi connectivity index (χ3n) is 3.41. The third kappa shape index (κ3) is 3.54. The van der Waals surface area contributed by atoms with E-state index >= 15 is 0 Å². The number of aliphatic hydroxyl groups excluding tert-OH is 1. The SMILES string of the molecule is CC1CCC(CC(CO)c2cccc(Br)c2)O1. The maximum absolute atomic E-state index is 9.53. The van der Waals surface area contributed by atoms with Crippen LogP contribution in [-0.4, -0.2) is 23.9 Å². The number of benzene rings is 1. The van der Waals surface area contributed by atoms with Crippen molar-refractivity contribution in [2.75, 3.05) is 6.61 Å². The molecule has 2 nitrogen and oxygen atoms in total. The van der Waals surface area contributed by atoms with Gasteiger partial charge in [-0.1, -0.05) is 28.1 Å². The van der Waals surface area contributed by atoms with Crippen LogP contribution in [-0.2, 0) is 4.74 Å². The zero-order chi connectivity index (χ0) is 12.3. The van der Waals surface area contributed by atoms with E-state index in [1.807, 2.05) is 12.1 Å². The monoisotopic (exact) mass is 298 g/mol. The second-order valence-electron chi connectivity index (χ2n) is 4.82. The molecule has 1 aromatic rings. The van der Waals surface area contributed by atoms with Crippen LogP contribution in [0, 0.1) is 0 Å². The first kappa shape index (κ1) is 13.1. The lowest BCUT2D eigenvalue weighted by molar-refractivity contribution is 0.0423. The fourth-order valence-corrected chi connectivity index (χ4v) is 2.87. The maximum Gasteiger partial charge on any atom is 0.0586 e. The summed E-state index contributed by atoms with van der Waals surface area (Å²) in [6.07, 6.45) is 3.85. The number of aliphatic hydroxyl groups is 1. The Hall–Kier alpha value is -0.380. The van der Waals surface area contributed by atoms with Gasteiger partial charge in [0.15, 0.2) is 0 Å². The Labute approximate surface area is 111 Å². The standard InChI is InChI=1S/C14H19BrO2/c1-10-5-6-14(17-10)8-12(9-16)11-3-2-4-13(15)7-11/h2-4,7,10,12,14,16H,5-6,8-9H2,1H3. The summed E-state index contributed by atoms with van der Waals surface area (Å²) in [5, 5.41) is 9.53. The van der Waals surface area contributed by atoms with Crippen LogP contribution in [0.2, 0.25) is 0 Å². The summed E-state index contributed by atoms with van der Waals surface area (Å²) in [5.74, 6) is 0.183. The average Bonchev–Trinajstić information content (AvgIpc) is 2.72. The fourth-order valence-electron chi connectivity index (χ4n) is 2.45. The van der Waals surface area contributed by atoms with Gasteiger partial charge in [-0.05, 0) is 43.9 Å². The lowest BCUT2D eigenvalue weighted by Gasteiger charge is -2.19. The highest BCUT2D eigenvalue weighted by Crippen LogP contribution is 2.30.